The first kappa shape index (κ1) is 11.3. The van der Waals surface area contributed by atoms with Gasteiger partial charge in [0.05, 0.1) is 4.87 Å². The van der Waals surface area contributed by atoms with Crippen molar-refractivity contribution in [2.45, 2.75) is 50.4 Å². The van der Waals surface area contributed by atoms with E-state index in [1.165, 1.54) is 19.3 Å². The van der Waals surface area contributed by atoms with E-state index in [2.05, 4.69) is 19.2 Å². The molecule has 0 bridgehead atoms. The lowest BCUT2D eigenvalue weighted by Crippen LogP contribution is -2.55. The van der Waals surface area contributed by atoms with Crippen LogP contribution in [0.3, 0.4) is 0 Å². The van der Waals surface area contributed by atoms with Crippen LogP contribution in [0, 0.1) is 5.41 Å². The summed E-state index contributed by atoms with van der Waals surface area (Å²) in [5.74, 6) is -0.000534. The number of carboxylic acids is 1. The van der Waals surface area contributed by atoms with E-state index in [9.17, 15) is 4.79 Å². The zero-order chi connectivity index (χ0) is 11.1. The van der Waals surface area contributed by atoms with Crippen molar-refractivity contribution < 1.29 is 9.90 Å². The topological polar surface area (TPSA) is 49.3 Å². The molecule has 2 rings (SSSR count). The van der Waals surface area contributed by atoms with Crippen LogP contribution in [0.1, 0.15) is 39.5 Å². The lowest BCUT2D eigenvalue weighted by atomic mass is 9.72. The summed E-state index contributed by atoms with van der Waals surface area (Å²) < 4.78 is 0. The minimum absolute atomic E-state index is 0.00824. The Kier molecular flexibility index (Phi) is 2.75. The molecular weight excluding hydrogens is 210 g/mol. The van der Waals surface area contributed by atoms with Gasteiger partial charge in [0.15, 0.2) is 0 Å². The molecule has 2 fully saturated rings. The van der Waals surface area contributed by atoms with Crippen molar-refractivity contribution in [1.29, 1.82) is 0 Å². The second-order valence-corrected chi connectivity index (χ2v) is 6.58. The normalized spacial score (nSPS) is 39.5. The third-order valence-electron chi connectivity index (χ3n) is 3.88. The highest BCUT2D eigenvalue weighted by Crippen LogP contribution is 2.53. The van der Waals surface area contributed by atoms with Crippen molar-refractivity contribution in [3.63, 3.8) is 0 Å². The van der Waals surface area contributed by atoms with Crippen LogP contribution in [-0.2, 0) is 4.79 Å². The molecule has 0 aromatic carbocycles. The van der Waals surface area contributed by atoms with Gasteiger partial charge in [-0.15, -0.1) is 11.8 Å². The standard InChI is InChI=1S/C11H19NO2S/c1-10(2)5-3-4-6-11(10)12-8(7-15-11)9(13)14/h8,12H,3-7H2,1-2H3,(H,13,14). The number of carbonyl (C=O) groups is 1. The minimum Gasteiger partial charge on any atom is -0.480 e. The highest BCUT2D eigenvalue weighted by atomic mass is 32.2. The molecule has 2 N–H and O–H groups in total. The van der Waals surface area contributed by atoms with Gasteiger partial charge < -0.3 is 5.11 Å². The third kappa shape index (κ3) is 1.78. The van der Waals surface area contributed by atoms with Gasteiger partial charge in [-0.1, -0.05) is 26.7 Å². The van der Waals surface area contributed by atoms with Gasteiger partial charge in [-0.3, -0.25) is 10.1 Å². The fourth-order valence-electron chi connectivity index (χ4n) is 2.74. The first-order valence-corrected chi connectivity index (χ1v) is 6.60. The highest BCUT2D eigenvalue weighted by molar-refractivity contribution is 8.01. The van der Waals surface area contributed by atoms with Gasteiger partial charge in [0.2, 0.25) is 0 Å². The second kappa shape index (κ2) is 3.67. The van der Waals surface area contributed by atoms with E-state index in [-0.39, 0.29) is 16.3 Å². The number of hydrogen-bond acceptors (Lipinski definition) is 3. The number of thioether (sulfide) groups is 1. The minimum atomic E-state index is -0.708. The molecule has 2 unspecified atom stereocenters. The lowest BCUT2D eigenvalue weighted by molar-refractivity contribution is -0.139. The van der Waals surface area contributed by atoms with Crippen LogP contribution >= 0.6 is 11.8 Å². The third-order valence-corrected chi connectivity index (χ3v) is 5.74. The SMILES string of the molecule is CC1(C)CCCCC12NC(C(=O)O)CS2. The summed E-state index contributed by atoms with van der Waals surface area (Å²) in [5.41, 5.74) is 0.208. The van der Waals surface area contributed by atoms with Crippen LogP contribution in [0.2, 0.25) is 0 Å². The predicted octanol–water partition coefficient (Wildman–Crippen LogP) is 2.07. The molecule has 3 nitrogen and oxygen atoms in total. The van der Waals surface area contributed by atoms with Gasteiger partial charge in [0.1, 0.15) is 6.04 Å². The number of carboxylic acid groups (broad SMARTS) is 1. The first-order chi connectivity index (χ1) is 6.97. The monoisotopic (exact) mass is 229 g/mol. The van der Waals surface area contributed by atoms with Crippen LogP contribution in [0.4, 0.5) is 0 Å². The van der Waals surface area contributed by atoms with Crippen molar-refractivity contribution >= 4 is 17.7 Å². The van der Waals surface area contributed by atoms with E-state index in [1.807, 2.05) is 11.8 Å². The van der Waals surface area contributed by atoms with E-state index in [1.54, 1.807) is 0 Å². The van der Waals surface area contributed by atoms with Crippen LogP contribution in [0.25, 0.3) is 0 Å². The van der Waals surface area contributed by atoms with Crippen molar-refractivity contribution in [3.8, 4) is 0 Å². The Morgan fingerprint density at radius 1 is 1.40 bits per heavy atom. The number of nitrogens with one attached hydrogen (secondary N) is 1. The molecule has 1 spiro atoms. The van der Waals surface area contributed by atoms with Crippen molar-refractivity contribution in [1.82, 2.24) is 5.32 Å². The average Bonchev–Trinajstić information content (AvgIpc) is 2.57. The molecule has 2 aliphatic rings. The van der Waals surface area contributed by atoms with E-state index in [0.717, 1.165) is 6.42 Å². The molecule has 86 valence electrons. The summed E-state index contributed by atoms with van der Waals surface area (Å²) in [6.07, 6.45) is 4.79. The molecule has 0 aromatic heterocycles. The molecule has 2 atom stereocenters. The maximum atomic E-state index is 11.0. The molecule has 15 heavy (non-hydrogen) atoms. The summed E-state index contributed by atoms with van der Waals surface area (Å²) in [5, 5.41) is 12.4. The van der Waals surface area contributed by atoms with Crippen LogP contribution in [0.5, 0.6) is 0 Å². The summed E-state index contributed by atoms with van der Waals surface area (Å²) in [6, 6.07) is -0.354. The fourth-order valence-corrected chi connectivity index (χ4v) is 4.42. The molecule has 0 amide bonds. The number of aliphatic carboxylic acids is 1. The largest absolute Gasteiger partial charge is 0.480 e. The molecule has 1 aliphatic heterocycles. The molecule has 4 heteroatoms. The Morgan fingerprint density at radius 2 is 2.07 bits per heavy atom. The highest BCUT2D eigenvalue weighted by Gasteiger charge is 2.52. The Morgan fingerprint density at radius 3 is 2.60 bits per heavy atom. The van der Waals surface area contributed by atoms with Crippen LogP contribution in [0.15, 0.2) is 0 Å². The maximum Gasteiger partial charge on any atom is 0.321 e. The van der Waals surface area contributed by atoms with Gasteiger partial charge in [-0.25, -0.2) is 0 Å². The summed E-state index contributed by atoms with van der Waals surface area (Å²) in [6.45, 7) is 4.52. The maximum absolute atomic E-state index is 11.0. The molecule has 0 aromatic rings. The van der Waals surface area contributed by atoms with Gasteiger partial charge >= 0.3 is 5.97 Å². The summed E-state index contributed by atoms with van der Waals surface area (Å²) in [7, 11) is 0. The molecule has 0 radical (unpaired) electrons. The molecule has 1 saturated heterocycles. The molecule has 1 heterocycles. The number of hydrogen-bond donors (Lipinski definition) is 2. The first-order valence-electron chi connectivity index (χ1n) is 5.61. The van der Waals surface area contributed by atoms with Crippen molar-refractivity contribution in [3.05, 3.63) is 0 Å². The fraction of sp³-hybridized carbons (Fsp3) is 0.909. The molecule has 1 saturated carbocycles. The van der Waals surface area contributed by atoms with Gasteiger partial charge in [-0.2, -0.15) is 0 Å². The number of rotatable bonds is 1. The Hall–Kier alpha value is -0.220. The Balaban J connectivity index is 2.16. The van der Waals surface area contributed by atoms with Gasteiger partial charge in [0, 0.05) is 5.75 Å². The summed E-state index contributed by atoms with van der Waals surface area (Å²) in [4.78, 5) is 11.0. The smallest absolute Gasteiger partial charge is 0.321 e. The van der Waals surface area contributed by atoms with Crippen LogP contribution in [-0.4, -0.2) is 27.7 Å². The second-order valence-electron chi connectivity index (χ2n) is 5.26. The van der Waals surface area contributed by atoms with Gasteiger partial charge in [0.25, 0.3) is 0 Å². The van der Waals surface area contributed by atoms with E-state index in [0.29, 0.717) is 5.75 Å². The van der Waals surface area contributed by atoms with Crippen LogP contribution < -0.4 is 5.32 Å². The average molecular weight is 229 g/mol. The van der Waals surface area contributed by atoms with Crippen molar-refractivity contribution in [2.24, 2.45) is 5.41 Å². The Bertz CT molecular complexity index is 280. The lowest BCUT2D eigenvalue weighted by Gasteiger charge is -2.47. The molecule has 1 aliphatic carbocycles. The zero-order valence-corrected chi connectivity index (χ0v) is 10.2. The van der Waals surface area contributed by atoms with E-state index >= 15 is 0 Å². The molecular formula is C11H19NO2S. The predicted molar refractivity (Wildman–Crippen MR) is 62.0 cm³/mol. The van der Waals surface area contributed by atoms with Crippen molar-refractivity contribution in [2.75, 3.05) is 5.75 Å². The zero-order valence-electron chi connectivity index (χ0n) is 9.38. The quantitative estimate of drug-likeness (QED) is 0.722. The van der Waals surface area contributed by atoms with Gasteiger partial charge in [-0.05, 0) is 18.3 Å². The Labute approximate surface area is 95.0 Å². The van der Waals surface area contributed by atoms with E-state index < -0.39 is 5.97 Å². The summed E-state index contributed by atoms with van der Waals surface area (Å²) >= 11 is 1.82. The van der Waals surface area contributed by atoms with E-state index in [4.69, 9.17) is 5.11 Å².